The molecule has 3 aromatic rings. The Labute approximate surface area is 160 Å². The molecule has 1 aliphatic rings. The zero-order valence-corrected chi connectivity index (χ0v) is 14.7. The predicted molar refractivity (Wildman–Crippen MR) is 91.0 cm³/mol. The lowest BCUT2D eigenvalue weighted by Crippen LogP contribution is -2.19. The summed E-state index contributed by atoms with van der Waals surface area (Å²) in [6.45, 7) is 0. The van der Waals surface area contributed by atoms with E-state index in [-0.39, 0.29) is 11.0 Å². The molecule has 4 rings (SSSR count). The average molecular weight is 415 g/mol. The summed E-state index contributed by atoms with van der Waals surface area (Å²) in [5.74, 6) is -0.911. The molecule has 0 unspecified atom stereocenters. The maximum absolute atomic E-state index is 13.4. The molecule has 1 aliphatic carbocycles. The third-order valence-corrected chi connectivity index (χ3v) is 4.31. The van der Waals surface area contributed by atoms with Gasteiger partial charge in [0.1, 0.15) is 11.0 Å². The zero-order valence-electron chi connectivity index (χ0n) is 13.9. The molecule has 0 bridgehead atoms. The van der Waals surface area contributed by atoms with Crippen LogP contribution >= 0.6 is 11.6 Å². The Morgan fingerprint density at radius 2 is 2.00 bits per heavy atom. The van der Waals surface area contributed by atoms with Gasteiger partial charge in [-0.15, -0.1) is 0 Å². The summed E-state index contributed by atoms with van der Waals surface area (Å²) >= 11 is 5.97. The van der Waals surface area contributed by atoms with Crippen LogP contribution in [0.3, 0.4) is 0 Å². The summed E-state index contributed by atoms with van der Waals surface area (Å²) in [5, 5.41) is 6.25. The van der Waals surface area contributed by atoms with Crippen LogP contribution in [0.15, 0.2) is 30.5 Å². The van der Waals surface area contributed by atoms with Crippen molar-refractivity contribution >= 4 is 29.0 Å². The van der Waals surface area contributed by atoms with Gasteiger partial charge in [-0.1, -0.05) is 11.6 Å². The number of rotatable bonds is 3. The Hall–Kier alpha value is -2.88. The normalized spacial score (nSPS) is 14.3. The first-order valence-electron chi connectivity index (χ1n) is 8.11. The third kappa shape index (κ3) is 3.72. The first-order chi connectivity index (χ1) is 13.2. The van der Waals surface area contributed by atoms with Gasteiger partial charge < -0.3 is 4.74 Å². The highest BCUT2D eigenvalue weighted by atomic mass is 35.5. The van der Waals surface area contributed by atoms with E-state index in [0.717, 1.165) is 24.5 Å². The fourth-order valence-corrected chi connectivity index (χ4v) is 2.92. The topological polar surface area (TPSA) is 68.5 Å². The molecule has 11 heteroatoms. The summed E-state index contributed by atoms with van der Waals surface area (Å²) in [4.78, 5) is 16.3. The van der Waals surface area contributed by atoms with Crippen molar-refractivity contribution in [1.29, 1.82) is 0 Å². The van der Waals surface area contributed by atoms with Crippen molar-refractivity contribution < 1.29 is 27.1 Å². The number of ether oxygens (including phenoxy) is 1. The van der Waals surface area contributed by atoms with Crippen molar-refractivity contribution in [3.05, 3.63) is 52.6 Å². The number of nitrogens with zero attached hydrogens (tertiary/aromatic N) is 3. The molecular weight excluding hydrogens is 404 g/mol. The van der Waals surface area contributed by atoms with E-state index < -0.39 is 29.3 Å². The van der Waals surface area contributed by atoms with Crippen LogP contribution in [-0.2, 0) is 6.18 Å². The van der Waals surface area contributed by atoms with E-state index in [4.69, 9.17) is 16.3 Å². The zero-order chi connectivity index (χ0) is 20.1. The van der Waals surface area contributed by atoms with E-state index in [1.807, 2.05) is 0 Å². The van der Waals surface area contributed by atoms with Crippen LogP contribution in [0.4, 0.5) is 28.0 Å². The lowest BCUT2D eigenvalue weighted by Gasteiger charge is -2.11. The summed E-state index contributed by atoms with van der Waals surface area (Å²) in [6, 6.07) is 2.90. The van der Waals surface area contributed by atoms with Gasteiger partial charge in [0.2, 0.25) is 5.88 Å². The first kappa shape index (κ1) is 18.5. The number of hydrogen-bond donors (Lipinski definition) is 1. The number of benzene rings is 1. The molecule has 28 heavy (non-hydrogen) atoms. The Morgan fingerprint density at radius 1 is 1.25 bits per heavy atom. The maximum atomic E-state index is 13.4. The SMILES string of the molecule is O=C(Nc1cc(F)cc(C(F)(F)F)c1)Oc1cc(Cl)nc2c(C3CC3)cnn12. The molecule has 1 N–H and O–H groups in total. The van der Waals surface area contributed by atoms with Crippen molar-refractivity contribution in [3.8, 4) is 5.88 Å². The molecule has 2 heterocycles. The largest absolute Gasteiger partial charge is 0.418 e. The molecule has 146 valence electrons. The van der Waals surface area contributed by atoms with E-state index in [1.165, 1.54) is 10.6 Å². The molecule has 1 aromatic carbocycles. The second-order valence-electron chi connectivity index (χ2n) is 6.27. The van der Waals surface area contributed by atoms with Gasteiger partial charge in [-0.25, -0.2) is 14.2 Å². The molecule has 1 amide bonds. The lowest BCUT2D eigenvalue weighted by molar-refractivity contribution is -0.137. The van der Waals surface area contributed by atoms with Crippen molar-refractivity contribution in [1.82, 2.24) is 14.6 Å². The monoisotopic (exact) mass is 414 g/mol. The van der Waals surface area contributed by atoms with E-state index in [9.17, 15) is 22.4 Å². The Morgan fingerprint density at radius 3 is 2.68 bits per heavy atom. The van der Waals surface area contributed by atoms with Crippen molar-refractivity contribution in [2.24, 2.45) is 0 Å². The molecule has 0 atom stereocenters. The predicted octanol–water partition coefficient (Wildman–Crippen LogP) is 5.03. The second-order valence-corrected chi connectivity index (χ2v) is 6.65. The Kier molecular flexibility index (Phi) is 4.37. The number of amides is 1. The minimum Gasteiger partial charge on any atom is -0.391 e. The van der Waals surface area contributed by atoms with Crippen molar-refractivity contribution in [2.75, 3.05) is 5.32 Å². The van der Waals surface area contributed by atoms with E-state index in [0.29, 0.717) is 23.7 Å². The second kappa shape index (κ2) is 6.62. The molecule has 0 saturated heterocycles. The maximum Gasteiger partial charge on any atom is 0.418 e. The number of carbonyl (C=O) groups is 1. The Bertz CT molecular complexity index is 1080. The molecule has 0 spiro atoms. The molecule has 0 aliphatic heterocycles. The highest BCUT2D eigenvalue weighted by Crippen LogP contribution is 2.42. The standard InChI is InChI=1S/C17H11ClF4N4O2/c18-13-6-14(26-15(25-13)12(7-23-26)8-1-2-8)28-16(27)24-11-4-9(17(20,21)22)3-10(19)5-11/h3-8H,1-2H2,(H,24,27). The number of carbonyl (C=O) groups excluding carboxylic acids is 1. The quantitative estimate of drug-likeness (QED) is 0.482. The minimum atomic E-state index is -4.76. The summed E-state index contributed by atoms with van der Waals surface area (Å²) in [6.07, 6.45) is -2.31. The number of aromatic nitrogens is 3. The number of hydrogen-bond acceptors (Lipinski definition) is 4. The fourth-order valence-electron chi connectivity index (χ4n) is 2.74. The molecule has 2 aromatic heterocycles. The van der Waals surface area contributed by atoms with Gasteiger partial charge in [0.15, 0.2) is 5.65 Å². The number of anilines is 1. The summed E-state index contributed by atoms with van der Waals surface area (Å²) in [5.41, 5.74) is -0.346. The van der Waals surface area contributed by atoms with Crippen LogP contribution in [0, 0.1) is 5.82 Å². The average Bonchev–Trinajstić information content (AvgIpc) is 3.33. The van der Waals surface area contributed by atoms with Gasteiger partial charge in [0, 0.05) is 17.3 Å². The molecular formula is C17H11ClF4N4O2. The fraction of sp³-hybridized carbons (Fsp3) is 0.235. The van der Waals surface area contributed by atoms with Gasteiger partial charge in [-0.2, -0.15) is 22.8 Å². The van der Waals surface area contributed by atoms with E-state index in [2.05, 4.69) is 15.4 Å². The minimum absolute atomic E-state index is 0.0582. The number of fused-ring (bicyclic) bond motifs is 1. The molecule has 6 nitrogen and oxygen atoms in total. The third-order valence-electron chi connectivity index (χ3n) is 4.12. The highest BCUT2D eigenvalue weighted by molar-refractivity contribution is 6.29. The van der Waals surface area contributed by atoms with E-state index >= 15 is 0 Å². The van der Waals surface area contributed by atoms with Crippen LogP contribution in [0.25, 0.3) is 5.65 Å². The highest BCUT2D eigenvalue weighted by Gasteiger charge is 2.32. The van der Waals surface area contributed by atoms with Gasteiger partial charge in [0.05, 0.1) is 11.8 Å². The molecule has 1 saturated carbocycles. The van der Waals surface area contributed by atoms with Crippen LogP contribution in [-0.4, -0.2) is 20.7 Å². The first-order valence-corrected chi connectivity index (χ1v) is 8.49. The van der Waals surface area contributed by atoms with Crippen molar-refractivity contribution in [3.63, 3.8) is 0 Å². The van der Waals surface area contributed by atoms with Gasteiger partial charge in [-0.3, -0.25) is 5.32 Å². The molecule has 1 fully saturated rings. The summed E-state index contributed by atoms with van der Waals surface area (Å²) < 4.78 is 58.2. The van der Waals surface area contributed by atoms with Gasteiger partial charge in [-0.05, 0) is 37.0 Å². The van der Waals surface area contributed by atoms with Gasteiger partial charge >= 0.3 is 12.3 Å². The van der Waals surface area contributed by atoms with Crippen LogP contribution in [0.2, 0.25) is 5.15 Å². The van der Waals surface area contributed by atoms with Gasteiger partial charge in [0.25, 0.3) is 0 Å². The Balaban J connectivity index is 1.59. The lowest BCUT2D eigenvalue weighted by atomic mass is 10.2. The number of halogens is 5. The van der Waals surface area contributed by atoms with Crippen molar-refractivity contribution in [2.45, 2.75) is 24.9 Å². The van der Waals surface area contributed by atoms with Crippen LogP contribution in [0.1, 0.15) is 29.9 Å². The van der Waals surface area contributed by atoms with E-state index in [1.54, 1.807) is 6.20 Å². The number of nitrogens with one attached hydrogen (secondary N) is 1. The smallest absolute Gasteiger partial charge is 0.391 e. The molecule has 0 radical (unpaired) electrons. The van der Waals surface area contributed by atoms with Crippen LogP contribution in [0.5, 0.6) is 5.88 Å². The number of alkyl halides is 3. The van der Waals surface area contributed by atoms with Crippen LogP contribution < -0.4 is 10.1 Å². The summed E-state index contributed by atoms with van der Waals surface area (Å²) in [7, 11) is 0.